The molecule has 2 bridgehead atoms. The fraction of sp³-hybridized carbons (Fsp3) is 0.562. The van der Waals surface area contributed by atoms with E-state index in [4.69, 9.17) is 0 Å². The molecule has 0 spiro atoms. The highest BCUT2D eigenvalue weighted by molar-refractivity contribution is 5.79. The Labute approximate surface area is 126 Å². The summed E-state index contributed by atoms with van der Waals surface area (Å²) in [6.45, 7) is 0.224. The number of fused-ring (bicyclic) bond motifs is 2. The van der Waals surface area contributed by atoms with Gasteiger partial charge in [-0.05, 0) is 48.8 Å². The van der Waals surface area contributed by atoms with Gasteiger partial charge in [-0.3, -0.25) is 4.79 Å². The average Bonchev–Trinajstić information content (AvgIpc) is 3.06. The van der Waals surface area contributed by atoms with Crippen LogP contribution in [0.2, 0.25) is 0 Å². The van der Waals surface area contributed by atoms with E-state index in [1.165, 1.54) is 24.6 Å². The molecule has 2 aliphatic rings. The SMILES string of the molecule is O=C(NCc1cccc(OC(F)(F)F)c1)[C@H]1C[C@@H]2CC[C@H]1C2. The summed E-state index contributed by atoms with van der Waals surface area (Å²) >= 11 is 0. The molecule has 2 aliphatic carbocycles. The van der Waals surface area contributed by atoms with Gasteiger partial charge in [-0.1, -0.05) is 18.6 Å². The highest BCUT2D eigenvalue weighted by Gasteiger charge is 2.42. The number of carbonyl (C=O) groups is 1. The number of halogens is 3. The van der Waals surface area contributed by atoms with Gasteiger partial charge in [0.25, 0.3) is 0 Å². The van der Waals surface area contributed by atoms with Gasteiger partial charge in [0.2, 0.25) is 5.91 Å². The predicted octanol–water partition coefficient (Wildman–Crippen LogP) is 3.64. The van der Waals surface area contributed by atoms with Crippen LogP contribution in [0.25, 0.3) is 0 Å². The van der Waals surface area contributed by atoms with Gasteiger partial charge in [-0.15, -0.1) is 13.2 Å². The smallest absolute Gasteiger partial charge is 0.406 e. The van der Waals surface area contributed by atoms with E-state index in [0.29, 0.717) is 17.4 Å². The standard InChI is InChI=1S/C16H18F3NO2/c17-16(18,19)22-13-3-1-2-11(7-13)9-20-15(21)14-8-10-4-5-12(14)6-10/h1-3,7,10,12,14H,4-6,8-9H2,(H,20,21)/t10-,12+,14+/m1/s1. The van der Waals surface area contributed by atoms with E-state index < -0.39 is 6.36 Å². The minimum absolute atomic E-state index is 0.0225. The van der Waals surface area contributed by atoms with E-state index in [9.17, 15) is 18.0 Å². The number of hydrogen-bond acceptors (Lipinski definition) is 2. The number of amides is 1. The molecular weight excluding hydrogens is 295 g/mol. The van der Waals surface area contributed by atoms with Gasteiger partial charge in [0, 0.05) is 12.5 Å². The third kappa shape index (κ3) is 3.54. The summed E-state index contributed by atoms with van der Waals surface area (Å²) < 4.78 is 40.4. The maximum Gasteiger partial charge on any atom is 0.573 e. The molecule has 0 saturated heterocycles. The Kier molecular flexibility index (Phi) is 4.02. The number of hydrogen-bond donors (Lipinski definition) is 1. The van der Waals surface area contributed by atoms with Crippen LogP contribution in [0.5, 0.6) is 5.75 Å². The molecule has 3 atom stereocenters. The first-order chi connectivity index (χ1) is 10.4. The second kappa shape index (κ2) is 5.82. The first-order valence-corrected chi connectivity index (χ1v) is 7.53. The van der Waals surface area contributed by atoms with Crippen molar-refractivity contribution in [2.24, 2.45) is 17.8 Å². The van der Waals surface area contributed by atoms with Crippen LogP contribution >= 0.6 is 0 Å². The summed E-state index contributed by atoms with van der Waals surface area (Å²) in [5.41, 5.74) is 0.596. The molecule has 6 heteroatoms. The normalized spacial score (nSPS) is 27.0. The second-order valence-corrected chi connectivity index (χ2v) is 6.19. The molecule has 0 unspecified atom stereocenters. The molecule has 1 aromatic carbocycles. The Morgan fingerprint density at radius 2 is 2.09 bits per heavy atom. The first kappa shape index (κ1) is 15.2. The number of ether oxygens (including phenoxy) is 1. The summed E-state index contributed by atoms with van der Waals surface area (Å²) in [5, 5.41) is 2.84. The quantitative estimate of drug-likeness (QED) is 0.921. The summed E-state index contributed by atoms with van der Waals surface area (Å²) in [5.74, 6) is 1.01. The van der Waals surface area contributed by atoms with Gasteiger partial charge in [-0.25, -0.2) is 0 Å². The van der Waals surface area contributed by atoms with Crippen LogP contribution in [0.3, 0.4) is 0 Å². The van der Waals surface area contributed by atoms with Crippen molar-refractivity contribution in [3.8, 4) is 5.75 Å². The Morgan fingerprint density at radius 3 is 2.73 bits per heavy atom. The van der Waals surface area contributed by atoms with Crippen LogP contribution in [0.4, 0.5) is 13.2 Å². The van der Waals surface area contributed by atoms with Crippen LogP contribution in [-0.4, -0.2) is 12.3 Å². The van der Waals surface area contributed by atoms with Gasteiger partial charge >= 0.3 is 6.36 Å². The number of nitrogens with one attached hydrogen (secondary N) is 1. The topological polar surface area (TPSA) is 38.3 Å². The lowest BCUT2D eigenvalue weighted by Crippen LogP contribution is -2.33. The van der Waals surface area contributed by atoms with Crippen LogP contribution in [0, 0.1) is 17.8 Å². The Morgan fingerprint density at radius 1 is 1.27 bits per heavy atom. The fourth-order valence-corrected chi connectivity index (χ4v) is 3.74. The van der Waals surface area contributed by atoms with Crippen molar-refractivity contribution < 1.29 is 22.7 Å². The largest absolute Gasteiger partial charge is 0.573 e. The zero-order valence-electron chi connectivity index (χ0n) is 12.0. The maximum atomic E-state index is 12.2. The third-order valence-corrected chi connectivity index (χ3v) is 4.67. The van der Waals surface area contributed by atoms with E-state index >= 15 is 0 Å². The number of benzene rings is 1. The lowest BCUT2D eigenvalue weighted by Gasteiger charge is -2.20. The molecular formula is C16H18F3NO2. The van der Waals surface area contributed by atoms with E-state index in [-0.39, 0.29) is 24.1 Å². The number of rotatable bonds is 4. The molecule has 1 aromatic rings. The fourth-order valence-electron chi connectivity index (χ4n) is 3.74. The molecule has 22 heavy (non-hydrogen) atoms. The van der Waals surface area contributed by atoms with Gasteiger partial charge in [0.1, 0.15) is 5.75 Å². The highest BCUT2D eigenvalue weighted by Crippen LogP contribution is 2.48. The van der Waals surface area contributed by atoms with Crippen molar-refractivity contribution in [1.29, 1.82) is 0 Å². The van der Waals surface area contributed by atoms with Crippen molar-refractivity contribution in [1.82, 2.24) is 5.32 Å². The molecule has 0 heterocycles. The lowest BCUT2D eigenvalue weighted by atomic mass is 9.88. The first-order valence-electron chi connectivity index (χ1n) is 7.53. The van der Waals surface area contributed by atoms with Crippen molar-refractivity contribution in [2.45, 2.75) is 38.6 Å². The minimum Gasteiger partial charge on any atom is -0.406 e. The molecule has 2 saturated carbocycles. The molecule has 0 aromatic heterocycles. The summed E-state index contributed by atoms with van der Waals surface area (Å²) in [6, 6.07) is 5.70. The number of carbonyl (C=O) groups excluding carboxylic acids is 1. The van der Waals surface area contributed by atoms with Crippen molar-refractivity contribution in [3.05, 3.63) is 29.8 Å². The average molecular weight is 313 g/mol. The van der Waals surface area contributed by atoms with Crippen LogP contribution in [-0.2, 0) is 11.3 Å². The summed E-state index contributed by atoms with van der Waals surface area (Å²) in [7, 11) is 0. The van der Waals surface area contributed by atoms with Crippen molar-refractivity contribution in [3.63, 3.8) is 0 Å². The monoisotopic (exact) mass is 313 g/mol. The van der Waals surface area contributed by atoms with Gasteiger partial charge in [-0.2, -0.15) is 0 Å². The summed E-state index contributed by atoms with van der Waals surface area (Å²) in [4.78, 5) is 12.2. The van der Waals surface area contributed by atoms with E-state index in [2.05, 4.69) is 10.1 Å². The molecule has 0 radical (unpaired) electrons. The van der Waals surface area contributed by atoms with Gasteiger partial charge < -0.3 is 10.1 Å². The van der Waals surface area contributed by atoms with Crippen LogP contribution < -0.4 is 10.1 Å². The highest BCUT2D eigenvalue weighted by atomic mass is 19.4. The van der Waals surface area contributed by atoms with Crippen LogP contribution in [0.1, 0.15) is 31.2 Å². The van der Waals surface area contributed by atoms with E-state index in [1.807, 2.05) is 0 Å². The third-order valence-electron chi connectivity index (χ3n) is 4.67. The zero-order valence-corrected chi connectivity index (χ0v) is 12.0. The Hall–Kier alpha value is -1.72. The molecule has 0 aliphatic heterocycles. The van der Waals surface area contributed by atoms with Gasteiger partial charge in [0.05, 0.1) is 0 Å². The van der Waals surface area contributed by atoms with Gasteiger partial charge in [0.15, 0.2) is 0 Å². The molecule has 120 valence electrons. The summed E-state index contributed by atoms with van der Waals surface area (Å²) in [6.07, 6.45) is -0.255. The molecule has 1 N–H and O–H groups in total. The molecule has 1 amide bonds. The van der Waals surface area contributed by atoms with E-state index in [0.717, 1.165) is 19.3 Å². The zero-order chi connectivity index (χ0) is 15.7. The number of alkyl halides is 3. The molecule has 2 fully saturated rings. The van der Waals surface area contributed by atoms with E-state index in [1.54, 1.807) is 6.07 Å². The maximum absolute atomic E-state index is 12.2. The lowest BCUT2D eigenvalue weighted by molar-refractivity contribution is -0.274. The predicted molar refractivity (Wildman–Crippen MR) is 73.9 cm³/mol. The van der Waals surface area contributed by atoms with Crippen LogP contribution in [0.15, 0.2) is 24.3 Å². The molecule has 3 rings (SSSR count). The second-order valence-electron chi connectivity index (χ2n) is 6.19. The van der Waals surface area contributed by atoms with Crippen molar-refractivity contribution >= 4 is 5.91 Å². The Bertz CT molecular complexity index is 559. The minimum atomic E-state index is -4.70. The Balaban J connectivity index is 1.55. The molecule has 3 nitrogen and oxygen atoms in total. The van der Waals surface area contributed by atoms with Crippen molar-refractivity contribution in [2.75, 3.05) is 0 Å².